The molecule has 52 heavy (non-hydrogen) atoms. The second-order valence-electron chi connectivity index (χ2n) is 15.8. The first-order chi connectivity index (χ1) is 25.7. The molecule has 0 spiro atoms. The summed E-state index contributed by atoms with van der Waals surface area (Å²) in [6.07, 6.45) is 58.4. The third-order valence-electron chi connectivity index (χ3n) is 10.6. The molecule has 0 heterocycles. The van der Waals surface area contributed by atoms with E-state index in [2.05, 4.69) is 43.5 Å². The number of carbonyl (C=O) groups is 1. The quantitative estimate of drug-likeness (QED) is 0.0433. The van der Waals surface area contributed by atoms with Crippen molar-refractivity contribution in [2.75, 3.05) is 6.61 Å². The average molecular weight is 730 g/mol. The third-order valence-corrected chi connectivity index (χ3v) is 10.6. The second kappa shape index (κ2) is 44.0. The van der Waals surface area contributed by atoms with Gasteiger partial charge in [0.25, 0.3) is 0 Å². The van der Waals surface area contributed by atoms with Gasteiger partial charge in [0, 0.05) is 6.42 Å². The van der Waals surface area contributed by atoms with E-state index in [9.17, 15) is 15.0 Å². The predicted molar refractivity (Wildman–Crippen MR) is 230 cm³/mol. The van der Waals surface area contributed by atoms with Crippen LogP contribution in [0, 0.1) is 0 Å². The highest BCUT2D eigenvalue weighted by Gasteiger charge is 2.17. The highest BCUT2D eigenvalue weighted by atomic mass is 16.3. The molecule has 1 amide bonds. The summed E-state index contributed by atoms with van der Waals surface area (Å²) in [6, 6.07) is -0.642. The Hall–Kier alpha value is -1.39. The van der Waals surface area contributed by atoms with Gasteiger partial charge in [0.05, 0.1) is 18.8 Å². The zero-order chi connectivity index (χ0) is 37.8. The van der Waals surface area contributed by atoms with Crippen molar-refractivity contribution in [3.05, 3.63) is 36.5 Å². The SMILES string of the molecule is CCCCCC/C=C/CC/C=C/CC/C=C/C(O)C(CO)NC(=O)CCCCCCCCCCCCCCCCCCCCCCCCCCCC. The van der Waals surface area contributed by atoms with Gasteiger partial charge in [0.2, 0.25) is 5.91 Å². The number of hydrogen-bond acceptors (Lipinski definition) is 3. The molecule has 4 nitrogen and oxygen atoms in total. The summed E-state index contributed by atoms with van der Waals surface area (Å²) in [5, 5.41) is 23.0. The second-order valence-corrected chi connectivity index (χ2v) is 15.8. The first kappa shape index (κ1) is 50.6. The van der Waals surface area contributed by atoms with Gasteiger partial charge in [0.15, 0.2) is 0 Å². The molecular formula is C48H91NO3. The van der Waals surface area contributed by atoms with Gasteiger partial charge in [-0.15, -0.1) is 0 Å². The van der Waals surface area contributed by atoms with E-state index in [1.165, 1.54) is 186 Å². The summed E-state index contributed by atoms with van der Waals surface area (Å²) < 4.78 is 0. The minimum Gasteiger partial charge on any atom is -0.394 e. The van der Waals surface area contributed by atoms with Gasteiger partial charge in [-0.2, -0.15) is 0 Å². The van der Waals surface area contributed by atoms with E-state index in [1.54, 1.807) is 6.08 Å². The fourth-order valence-corrected chi connectivity index (χ4v) is 7.03. The molecule has 0 aromatic heterocycles. The lowest BCUT2D eigenvalue weighted by atomic mass is 10.0. The molecular weight excluding hydrogens is 639 g/mol. The summed E-state index contributed by atoms with van der Waals surface area (Å²) in [7, 11) is 0. The van der Waals surface area contributed by atoms with Crippen LogP contribution in [-0.2, 0) is 4.79 Å². The van der Waals surface area contributed by atoms with Gasteiger partial charge in [-0.05, 0) is 44.9 Å². The van der Waals surface area contributed by atoms with Gasteiger partial charge in [-0.25, -0.2) is 0 Å². The highest BCUT2D eigenvalue weighted by Crippen LogP contribution is 2.16. The Balaban J connectivity index is 3.51. The molecule has 306 valence electrons. The van der Waals surface area contributed by atoms with Crippen LogP contribution in [0.25, 0.3) is 0 Å². The van der Waals surface area contributed by atoms with E-state index >= 15 is 0 Å². The number of carbonyl (C=O) groups excluding carboxylic acids is 1. The number of allylic oxidation sites excluding steroid dienone is 5. The van der Waals surface area contributed by atoms with E-state index in [0.29, 0.717) is 6.42 Å². The van der Waals surface area contributed by atoms with E-state index in [0.717, 1.165) is 38.5 Å². The number of rotatable bonds is 42. The average Bonchev–Trinajstić information content (AvgIpc) is 3.15. The Morgan fingerprint density at radius 1 is 0.442 bits per heavy atom. The number of hydrogen-bond donors (Lipinski definition) is 3. The molecule has 0 aliphatic carbocycles. The number of aliphatic hydroxyl groups is 2. The van der Waals surface area contributed by atoms with Crippen molar-refractivity contribution in [1.82, 2.24) is 5.32 Å². The van der Waals surface area contributed by atoms with Gasteiger partial charge in [-0.3, -0.25) is 4.79 Å². The summed E-state index contributed by atoms with van der Waals surface area (Å²) in [6.45, 7) is 4.28. The molecule has 0 fully saturated rings. The fraction of sp³-hybridized carbons (Fsp3) is 0.854. The molecule has 0 aliphatic heterocycles. The van der Waals surface area contributed by atoms with Crippen LogP contribution in [0.15, 0.2) is 36.5 Å². The van der Waals surface area contributed by atoms with Crippen molar-refractivity contribution in [3.8, 4) is 0 Å². The van der Waals surface area contributed by atoms with Gasteiger partial charge >= 0.3 is 0 Å². The lowest BCUT2D eigenvalue weighted by molar-refractivity contribution is -0.123. The lowest BCUT2D eigenvalue weighted by Crippen LogP contribution is -2.45. The third kappa shape index (κ3) is 39.8. The Bertz CT molecular complexity index is 790. The highest BCUT2D eigenvalue weighted by molar-refractivity contribution is 5.76. The van der Waals surface area contributed by atoms with Gasteiger partial charge in [-0.1, -0.05) is 230 Å². The Kier molecular flexibility index (Phi) is 42.8. The Morgan fingerprint density at radius 2 is 0.750 bits per heavy atom. The molecule has 2 atom stereocenters. The molecule has 0 radical (unpaired) electrons. The van der Waals surface area contributed by atoms with Crippen molar-refractivity contribution in [1.29, 1.82) is 0 Å². The monoisotopic (exact) mass is 730 g/mol. The van der Waals surface area contributed by atoms with Crippen LogP contribution in [0.1, 0.15) is 245 Å². The molecule has 0 bridgehead atoms. The van der Waals surface area contributed by atoms with E-state index < -0.39 is 12.1 Å². The van der Waals surface area contributed by atoms with E-state index in [-0.39, 0.29) is 12.5 Å². The maximum atomic E-state index is 12.4. The first-order valence-electron chi connectivity index (χ1n) is 23.2. The molecule has 2 unspecified atom stereocenters. The Labute approximate surface area is 325 Å². The number of nitrogens with one attached hydrogen (secondary N) is 1. The van der Waals surface area contributed by atoms with Crippen LogP contribution < -0.4 is 5.32 Å². The van der Waals surface area contributed by atoms with Crippen molar-refractivity contribution in [3.63, 3.8) is 0 Å². The molecule has 0 aliphatic rings. The maximum Gasteiger partial charge on any atom is 0.220 e. The van der Waals surface area contributed by atoms with Crippen LogP contribution in [0.2, 0.25) is 0 Å². The van der Waals surface area contributed by atoms with E-state index in [1.807, 2.05) is 6.08 Å². The van der Waals surface area contributed by atoms with Gasteiger partial charge in [0.1, 0.15) is 0 Å². The lowest BCUT2D eigenvalue weighted by Gasteiger charge is -2.19. The largest absolute Gasteiger partial charge is 0.394 e. The van der Waals surface area contributed by atoms with Crippen molar-refractivity contribution in [2.45, 2.75) is 257 Å². The zero-order valence-corrected chi connectivity index (χ0v) is 35.1. The molecule has 3 N–H and O–H groups in total. The fourth-order valence-electron chi connectivity index (χ4n) is 7.03. The van der Waals surface area contributed by atoms with Crippen molar-refractivity contribution in [2.24, 2.45) is 0 Å². The topological polar surface area (TPSA) is 69.6 Å². The van der Waals surface area contributed by atoms with Crippen molar-refractivity contribution >= 4 is 5.91 Å². The molecule has 0 rings (SSSR count). The van der Waals surface area contributed by atoms with Crippen LogP contribution in [0.5, 0.6) is 0 Å². The molecule has 0 saturated heterocycles. The van der Waals surface area contributed by atoms with Gasteiger partial charge < -0.3 is 15.5 Å². The normalized spacial score (nSPS) is 13.2. The standard InChI is InChI=1S/C48H91NO3/c1-3-5-7-9-11-13-15-17-19-20-21-22-23-24-25-26-27-28-29-30-32-34-36-38-40-42-44-48(52)49-46(45-50)47(51)43-41-39-37-35-33-31-18-16-14-12-10-8-6-4-2/h14,16,33,35,41,43,46-47,50-51H,3-13,15,17-32,34,36-40,42,44-45H2,1-2H3,(H,49,52)/b16-14+,35-33+,43-41+. The van der Waals surface area contributed by atoms with Crippen LogP contribution in [0.4, 0.5) is 0 Å². The van der Waals surface area contributed by atoms with Crippen LogP contribution in [0.3, 0.4) is 0 Å². The predicted octanol–water partition coefficient (Wildman–Crippen LogP) is 14.6. The van der Waals surface area contributed by atoms with Crippen molar-refractivity contribution < 1.29 is 15.0 Å². The summed E-state index contributed by atoms with van der Waals surface area (Å²) in [5.74, 6) is -0.0752. The van der Waals surface area contributed by atoms with Crippen LogP contribution in [-0.4, -0.2) is 34.9 Å². The number of unbranched alkanes of at least 4 members (excludes halogenated alkanes) is 31. The Morgan fingerprint density at radius 3 is 1.12 bits per heavy atom. The summed E-state index contributed by atoms with van der Waals surface area (Å²) >= 11 is 0. The summed E-state index contributed by atoms with van der Waals surface area (Å²) in [5.41, 5.74) is 0. The number of aliphatic hydroxyl groups excluding tert-OH is 2. The molecule has 0 aromatic rings. The minimum absolute atomic E-state index is 0.0752. The summed E-state index contributed by atoms with van der Waals surface area (Å²) in [4.78, 5) is 12.4. The molecule has 0 saturated carbocycles. The zero-order valence-electron chi connectivity index (χ0n) is 35.1. The van der Waals surface area contributed by atoms with E-state index in [4.69, 9.17) is 0 Å². The smallest absolute Gasteiger partial charge is 0.220 e. The first-order valence-corrected chi connectivity index (χ1v) is 23.2. The minimum atomic E-state index is -0.866. The molecule has 4 heteroatoms. The maximum absolute atomic E-state index is 12.4. The van der Waals surface area contributed by atoms with Crippen LogP contribution >= 0.6 is 0 Å². The number of amides is 1. The molecule has 0 aromatic carbocycles.